The largest absolute Gasteiger partial charge is 0.374 e. The standard InChI is InChI=1S/C28H42N5O8PS/c1-9-22-24(41-42(39-15-14-29-7)33(18(2)3)19(4)5)25(38-8)27(40-22)32-17-21(26(36)31-28(32)37)11-10-13-30-23(35)12-16-43-20(6)34/h17-19,22,24-25,27H,9,12-16H2,1-6,8H3,(H,30,35)(H,31,36,37)/t22-,24+,25?,27-,42?/m1/s1. The summed E-state index contributed by atoms with van der Waals surface area (Å²) in [6, 6.07) is 0.177. The molecular weight excluding hydrogens is 597 g/mol. The van der Waals surface area contributed by atoms with Gasteiger partial charge in [-0.05, 0) is 34.1 Å². The molecule has 15 heteroatoms. The highest BCUT2D eigenvalue weighted by atomic mass is 32.2. The zero-order valence-corrected chi connectivity index (χ0v) is 27.5. The van der Waals surface area contributed by atoms with Crippen LogP contribution in [0, 0.1) is 18.4 Å². The van der Waals surface area contributed by atoms with Gasteiger partial charge in [0.05, 0.1) is 12.6 Å². The number of rotatable bonds is 15. The maximum absolute atomic E-state index is 12.9. The summed E-state index contributed by atoms with van der Waals surface area (Å²) in [6.07, 6.45) is -0.735. The highest BCUT2D eigenvalue weighted by molar-refractivity contribution is 8.13. The van der Waals surface area contributed by atoms with E-state index in [-0.39, 0.29) is 54.8 Å². The molecule has 1 saturated heterocycles. The Morgan fingerprint density at radius 1 is 1.28 bits per heavy atom. The molecule has 13 nitrogen and oxygen atoms in total. The minimum absolute atomic E-state index is 0.00683. The van der Waals surface area contributed by atoms with Gasteiger partial charge in [0.25, 0.3) is 14.1 Å². The van der Waals surface area contributed by atoms with Gasteiger partial charge in [0, 0.05) is 44.5 Å². The lowest BCUT2D eigenvalue weighted by molar-refractivity contribution is -0.120. The topological polar surface area (TPSA) is 146 Å². The van der Waals surface area contributed by atoms with Crippen molar-refractivity contribution in [3.8, 4) is 11.8 Å². The van der Waals surface area contributed by atoms with Gasteiger partial charge >= 0.3 is 5.69 Å². The van der Waals surface area contributed by atoms with Gasteiger partial charge in [-0.1, -0.05) is 30.5 Å². The minimum atomic E-state index is -1.61. The van der Waals surface area contributed by atoms with Crippen molar-refractivity contribution in [3.05, 3.63) is 44.0 Å². The Kier molecular flexibility index (Phi) is 15.6. The fraction of sp³-hybridized carbons (Fsp3) is 0.679. The van der Waals surface area contributed by atoms with E-state index in [1.54, 1.807) is 0 Å². The second-order valence-corrected chi connectivity index (χ2v) is 12.8. The number of H-pyrrole nitrogens is 1. The Bertz CT molecular complexity index is 1290. The van der Waals surface area contributed by atoms with Crippen molar-refractivity contribution in [2.45, 2.75) is 91.0 Å². The lowest BCUT2D eigenvalue weighted by atomic mass is 10.1. The summed E-state index contributed by atoms with van der Waals surface area (Å²) in [5.74, 6) is 5.52. The van der Waals surface area contributed by atoms with E-state index in [2.05, 4.69) is 31.7 Å². The summed E-state index contributed by atoms with van der Waals surface area (Å²) < 4.78 is 28.1. The fourth-order valence-corrected chi connectivity index (χ4v) is 6.79. The molecule has 0 radical (unpaired) electrons. The molecule has 1 aliphatic rings. The number of carbonyl (C=O) groups excluding carboxylic acids is 2. The van der Waals surface area contributed by atoms with Gasteiger partial charge in [0.2, 0.25) is 12.5 Å². The number of carbonyl (C=O) groups is 2. The van der Waals surface area contributed by atoms with Crippen molar-refractivity contribution < 1.29 is 28.1 Å². The highest BCUT2D eigenvalue weighted by Crippen LogP contribution is 2.50. The molecule has 0 spiro atoms. The molecule has 1 fully saturated rings. The number of ether oxygens (including phenoxy) is 2. The maximum atomic E-state index is 12.9. The van der Waals surface area contributed by atoms with Crippen LogP contribution in [0.5, 0.6) is 0 Å². The first kappa shape index (κ1) is 36.6. The van der Waals surface area contributed by atoms with Gasteiger partial charge in [-0.2, -0.15) is 0 Å². The molecule has 0 bridgehead atoms. The van der Waals surface area contributed by atoms with Crippen LogP contribution in [-0.4, -0.2) is 88.2 Å². The molecule has 0 aliphatic carbocycles. The molecule has 43 heavy (non-hydrogen) atoms. The molecule has 1 aliphatic heterocycles. The molecule has 2 N–H and O–H groups in total. The van der Waals surface area contributed by atoms with Crippen molar-refractivity contribution in [3.63, 3.8) is 0 Å². The third-order valence-electron chi connectivity index (χ3n) is 6.30. The van der Waals surface area contributed by atoms with Crippen molar-refractivity contribution in [1.29, 1.82) is 0 Å². The van der Waals surface area contributed by atoms with E-state index in [4.69, 9.17) is 25.1 Å². The molecule has 2 unspecified atom stereocenters. The summed E-state index contributed by atoms with van der Waals surface area (Å²) in [6.45, 7) is 19.0. The summed E-state index contributed by atoms with van der Waals surface area (Å²) in [5, 5.41) is 2.55. The van der Waals surface area contributed by atoms with Gasteiger partial charge in [0.15, 0.2) is 11.3 Å². The molecular formula is C28H42N5O8PS. The quantitative estimate of drug-likeness (QED) is 0.127. The summed E-state index contributed by atoms with van der Waals surface area (Å²) >= 11 is 1.06. The normalized spacial score (nSPS) is 20.6. The summed E-state index contributed by atoms with van der Waals surface area (Å²) in [5.41, 5.74) is -1.37. The molecule has 5 atom stereocenters. The minimum Gasteiger partial charge on any atom is -0.374 e. The molecule has 2 rings (SSSR count). The Labute approximate surface area is 258 Å². The molecule has 1 aromatic rings. The number of aromatic amines is 1. The van der Waals surface area contributed by atoms with Crippen LogP contribution in [0.4, 0.5) is 0 Å². The number of nitrogens with zero attached hydrogens (tertiary/aromatic N) is 3. The molecule has 0 aromatic carbocycles. The smallest absolute Gasteiger partial charge is 0.330 e. The molecule has 1 aromatic heterocycles. The second kappa shape index (κ2) is 18.3. The van der Waals surface area contributed by atoms with Crippen LogP contribution in [-0.2, 0) is 28.1 Å². The van der Waals surface area contributed by atoms with E-state index in [9.17, 15) is 19.2 Å². The van der Waals surface area contributed by atoms with E-state index in [0.717, 1.165) is 11.8 Å². The molecule has 1 amide bonds. The van der Waals surface area contributed by atoms with E-state index >= 15 is 0 Å². The highest BCUT2D eigenvalue weighted by Gasteiger charge is 2.49. The van der Waals surface area contributed by atoms with E-state index < -0.39 is 44.3 Å². The third-order valence-corrected chi connectivity index (χ3v) is 9.24. The van der Waals surface area contributed by atoms with Crippen LogP contribution >= 0.6 is 20.3 Å². The zero-order valence-electron chi connectivity index (χ0n) is 25.7. The monoisotopic (exact) mass is 639 g/mol. The summed E-state index contributed by atoms with van der Waals surface area (Å²) in [4.78, 5) is 54.0. The first-order valence-electron chi connectivity index (χ1n) is 14.1. The van der Waals surface area contributed by atoms with Crippen LogP contribution in [0.25, 0.3) is 4.85 Å². The van der Waals surface area contributed by atoms with Gasteiger partial charge in [0.1, 0.15) is 24.4 Å². The van der Waals surface area contributed by atoms with E-state index in [0.29, 0.717) is 12.2 Å². The van der Waals surface area contributed by atoms with Crippen LogP contribution in [0.1, 0.15) is 66.2 Å². The zero-order chi connectivity index (χ0) is 32.1. The molecule has 0 saturated carbocycles. The third kappa shape index (κ3) is 10.8. The summed E-state index contributed by atoms with van der Waals surface area (Å²) in [7, 11) is -0.115. The predicted octanol–water partition coefficient (Wildman–Crippen LogP) is 2.66. The van der Waals surface area contributed by atoms with Crippen molar-refractivity contribution in [1.82, 2.24) is 19.5 Å². The number of hydrogen-bond acceptors (Lipinski definition) is 10. The van der Waals surface area contributed by atoms with Crippen molar-refractivity contribution in [2.24, 2.45) is 0 Å². The molecule has 238 valence electrons. The SMILES string of the molecule is [C-]#[N+]CCOP(O[C@@H]1C(OC)[C@H](n2cc(C#CCNC(=O)CCSC(C)=O)c(=O)[nH]c2=O)O[C@@H]1CC)N(C(C)C)C(C)C. The Hall–Kier alpha value is -2.55. The van der Waals surface area contributed by atoms with Crippen molar-refractivity contribution in [2.75, 3.05) is 32.6 Å². The lowest BCUT2D eigenvalue weighted by Crippen LogP contribution is -2.41. The Morgan fingerprint density at radius 3 is 2.56 bits per heavy atom. The average Bonchev–Trinajstić information content (AvgIpc) is 3.28. The number of hydrogen-bond donors (Lipinski definition) is 2. The Morgan fingerprint density at radius 2 is 1.98 bits per heavy atom. The fourth-order valence-electron chi connectivity index (χ4n) is 4.45. The van der Waals surface area contributed by atoms with Crippen molar-refractivity contribution >= 4 is 31.3 Å². The van der Waals surface area contributed by atoms with E-state index in [1.165, 1.54) is 24.8 Å². The van der Waals surface area contributed by atoms with Gasteiger partial charge in [-0.25, -0.2) is 16.0 Å². The van der Waals surface area contributed by atoms with Gasteiger partial charge < -0.3 is 28.7 Å². The number of nitrogens with one attached hydrogen (secondary N) is 2. The van der Waals surface area contributed by atoms with Gasteiger partial charge in [-0.3, -0.25) is 23.9 Å². The number of methoxy groups -OCH3 is 1. The van der Waals surface area contributed by atoms with E-state index in [1.807, 2.05) is 34.6 Å². The van der Waals surface area contributed by atoms with Crippen LogP contribution in [0.15, 0.2) is 15.8 Å². The van der Waals surface area contributed by atoms with Crippen LogP contribution < -0.4 is 16.6 Å². The predicted molar refractivity (Wildman–Crippen MR) is 165 cm³/mol. The number of amides is 1. The van der Waals surface area contributed by atoms with Crippen LogP contribution in [0.3, 0.4) is 0 Å². The maximum Gasteiger partial charge on any atom is 0.330 e. The first-order chi connectivity index (χ1) is 20.4. The number of aromatic nitrogens is 2. The van der Waals surface area contributed by atoms with Gasteiger partial charge in [-0.15, -0.1) is 0 Å². The number of thioether (sulfide) groups is 1. The lowest BCUT2D eigenvalue weighted by Gasteiger charge is -2.38. The Balaban J connectivity index is 2.30. The first-order valence-corrected chi connectivity index (χ1v) is 16.2. The molecule has 2 heterocycles. The average molecular weight is 640 g/mol. The second-order valence-electron chi connectivity index (χ2n) is 10.1. The van der Waals surface area contributed by atoms with Crippen LogP contribution in [0.2, 0.25) is 0 Å².